The van der Waals surface area contributed by atoms with Crippen molar-refractivity contribution >= 4 is 17.6 Å². The van der Waals surface area contributed by atoms with Crippen LogP contribution in [0, 0.1) is 11.6 Å². The number of carbonyl (C=O) groups excluding carboxylic acids is 2. The van der Waals surface area contributed by atoms with Crippen LogP contribution in [0.15, 0.2) is 42.5 Å². The number of nitrogens with zero attached hydrogens (tertiary/aromatic N) is 2. The van der Waals surface area contributed by atoms with Crippen LogP contribution in [0.25, 0.3) is 0 Å². The van der Waals surface area contributed by atoms with Gasteiger partial charge in [-0.2, -0.15) is 0 Å². The Labute approximate surface area is 179 Å². The molecule has 0 spiro atoms. The minimum atomic E-state index is -0.810. The van der Waals surface area contributed by atoms with E-state index in [-0.39, 0.29) is 18.1 Å². The van der Waals surface area contributed by atoms with Crippen molar-refractivity contribution in [3.8, 4) is 0 Å². The van der Waals surface area contributed by atoms with Gasteiger partial charge in [0, 0.05) is 43.5 Å². The fraction of sp³-hybridized carbons (Fsp3) is 0.364. The molecule has 166 valence electrons. The lowest BCUT2D eigenvalue weighted by Gasteiger charge is -2.27. The molecule has 0 aliphatic carbocycles. The van der Waals surface area contributed by atoms with E-state index in [0.29, 0.717) is 51.5 Å². The summed E-state index contributed by atoms with van der Waals surface area (Å²) < 4.78 is 32.4. The molecule has 0 aromatic heterocycles. The first-order valence-electron chi connectivity index (χ1n) is 10.1. The minimum Gasteiger partial charge on any atom is -0.378 e. The largest absolute Gasteiger partial charge is 0.378 e. The van der Waals surface area contributed by atoms with E-state index >= 15 is 0 Å². The number of benzene rings is 2. The highest BCUT2D eigenvalue weighted by Crippen LogP contribution is 2.17. The summed E-state index contributed by atoms with van der Waals surface area (Å²) >= 11 is 0. The summed E-state index contributed by atoms with van der Waals surface area (Å²) in [7, 11) is 0. The zero-order valence-corrected chi connectivity index (χ0v) is 17.2. The molecule has 31 heavy (non-hydrogen) atoms. The number of hydrogen-bond acceptors (Lipinski definition) is 4. The quantitative estimate of drug-likeness (QED) is 0.704. The van der Waals surface area contributed by atoms with Gasteiger partial charge in [0.25, 0.3) is 5.91 Å². The Balaban J connectivity index is 1.72. The first kappa shape index (κ1) is 22.6. The minimum absolute atomic E-state index is 0.0636. The van der Waals surface area contributed by atoms with Gasteiger partial charge in [-0.15, -0.1) is 0 Å². The summed E-state index contributed by atoms with van der Waals surface area (Å²) in [5.74, 6) is -2.11. The van der Waals surface area contributed by atoms with Gasteiger partial charge >= 0.3 is 6.03 Å². The molecule has 2 aromatic carbocycles. The molecule has 3 amide bonds. The number of rotatable bonds is 7. The van der Waals surface area contributed by atoms with Crippen LogP contribution in [-0.4, -0.2) is 61.1 Å². The maximum atomic E-state index is 13.6. The summed E-state index contributed by atoms with van der Waals surface area (Å²) in [5.41, 5.74) is 6.88. The van der Waals surface area contributed by atoms with Crippen LogP contribution < -0.4 is 11.1 Å². The van der Waals surface area contributed by atoms with Crippen LogP contribution in [0.5, 0.6) is 0 Å². The summed E-state index contributed by atoms with van der Waals surface area (Å²) in [6.45, 7) is 2.97. The summed E-state index contributed by atoms with van der Waals surface area (Å²) in [5, 5.41) is 2.85. The molecular formula is C22H26F2N4O3. The fourth-order valence-corrected chi connectivity index (χ4v) is 3.33. The van der Waals surface area contributed by atoms with E-state index in [1.165, 1.54) is 4.90 Å². The van der Waals surface area contributed by atoms with Gasteiger partial charge in [-0.25, -0.2) is 13.6 Å². The maximum absolute atomic E-state index is 13.6. The maximum Gasteiger partial charge on any atom is 0.321 e. The van der Waals surface area contributed by atoms with Crippen molar-refractivity contribution in [2.45, 2.75) is 13.0 Å². The van der Waals surface area contributed by atoms with Gasteiger partial charge in [-0.1, -0.05) is 12.1 Å². The van der Waals surface area contributed by atoms with E-state index in [4.69, 9.17) is 10.5 Å². The Morgan fingerprint density at radius 1 is 1.10 bits per heavy atom. The molecule has 0 saturated carbocycles. The zero-order valence-electron chi connectivity index (χ0n) is 17.2. The van der Waals surface area contributed by atoms with Crippen LogP contribution in [0.4, 0.5) is 19.3 Å². The van der Waals surface area contributed by atoms with Gasteiger partial charge in [0.2, 0.25) is 0 Å². The van der Waals surface area contributed by atoms with Gasteiger partial charge in [-0.05, 0) is 42.8 Å². The predicted octanol–water partition coefficient (Wildman–Crippen LogP) is 2.82. The van der Waals surface area contributed by atoms with Crippen LogP contribution in [-0.2, 0) is 11.3 Å². The van der Waals surface area contributed by atoms with Gasteiger partial charge in [-0.3, -0.25) is 4.79 Å². The van der Waals surface area contributed by atoms with E-state index in [2.05, 4.69) is 5.32 Å². The molecule has 1 heterocycles. The highest BCUT2D eigenvalue weighted by atomic mass is 19.1. The Hall–Kier alpha value is -3.04. The molecule has 1 aliphatic rings. The molecule has 1 fully saturated rings. The molecule has 0 atom stereocenters. The number of hydrogen-bond donors (Lipinski definition) is 2. The summed E-state index contributed by atoms with van der Waals surface area (Å²) in [6.07, 6.45) is 0.539. The SMILES string of the molecule is NCCCN(Cc1cccc(NC(=O)N2CCOCC2)c1)C(=O)c1cc(F)cc(F)c1. The van der Waals surface area contributed by atoms with Crippen molar-refractivity contribution in [3.05, 3.63) is 65.2 Å². The van der Waals surface area contributed by atoms with Gasteiger partial charge in [0.15, 0.2) is 0 Å². The van der Waals surface area contributed by atoms with Crippen molar-refractivity contribution in [2.24, 2.45) is 5.73 Å². The molecule has 3 rings (SSSR count). The Morgan fingerprint density at radius 2 is 1.81 bits per heavy atom. The monoisotopic (exact) mass is 432 g/mol. The third-order valence-corrected chi connectivity index (χ3v) is 4.88. The lowest BCUT2D eigenvalue weighted by molar-refractivity contribution is 0.0564. The predicted molar refractivity (Wildman–Crippen MR) is 113 cm³/mol. The number of nitrogens with one attached hydrogen (secondary N) is 1. The highest BCUT2D eigenvalue weighted by molar-refractivity contribution is 5.94. The molecule has 1 aliphatic heterocycles. The molecule has 0 bridgehead atoms. The molecular weight excluding hydrogens is 406 g/mol. The van der Waals surface area contributed by atoms with E-state index in [1.807, 2.05) is 6.07 Å². The van der Waals surface area contributed by atoms with Gasteiger partial charge in [0.1, 0.15) is 11.6 Å². The molecule has 9 heteroatoms. The van der Waals surface area contributed by atoms with Crippen LogP contribution >= 0.6 is 0 Å². The molecule has 0 radical (unpaired) electrons. The first-order chi connectivity index (χ1) is 15.0. The standard InChI is InChI=1S/C22H26F2N4O3/c23-18-12-17(13-19(24)14-18)21(29)28(6-2-5-25)15-16-3-1-4-20(11-16)26-22(30)27-7-9-31-10-8-27/h1,3-4,11-14H,2,5-10,15,25H2,(H,26,30). The van der Waals surface area contributed by atoms with Crippen molar-refractivity contribution in [1.29, 1.82) is 0 Å². The van der Waals surface area contributed by atoms with Crippen molar-refractivity contribution in [1.82, 2.24) is 9.80 Å². The molecule has 7 nitrogen and oxygen atoms in total. The molecule has 1 saturated heterocycles. The number of amides is 3. The summed E-state index contributed by atoms with van der Waals surface area (Å²) in [4.78, 5) is 28.5. The summed E-state index contributed by atoms with van der Waals surface area (Å²) in [6, 6.07) is 9.66. The second-order valence-corrected chi connectivity index (χ2v) is 7.26. The number of morpholine rings is 1. The third kappa shape index (κ3) is 6.47. The second kappa shape index (κ2) is 10.8. The number of nitrogens with two attached hydrogens (primary N) is 1. The number of halogens is 2. The van der Waals surface area contributed by atoms with Crippen LogP contribution in [0.3, 0.4) is 0 Å². The van der Waals surface area contributed by atoms with Crippen molar-refractivity contribution in [3.63, 3.8) is 0 Å². The van der Waals surface area contributed by atoms with Crippen LogP contribution in [0.1, 0.15) is 22.3 Å². The number of ether oxygens (including phenoxy) is 1. The first-order valence-corrected chi connectivity index (χ1v) is 10.1. The smallest absolute Gasteiger partial charge is 0.321 e. The van der Waals surface area contributed by atoms with E-state index in [1.54, 1.807) is 23.1 Å². The molecule has 3 N–H and O–H groups in total. The fourth-order valence-electron chi connectivity index (χ4n) is 3.33. The van der Waals surface area contributed by atoms with Crippen molar-refractivity contribution in [2.75, 3.05) is 44.7 Å². The molecule has 2 aromatic rings. The van der Waals surface area contributed by atoms with E-state index < -0.39 is 17.5 Å². The molecule has 0 unspecified atom stereocenters. The Bertz CT molecular complexity index is 899. The number of urea groups is 1. The average Bonchev–Trinajstić information content (AvgIpc) is 2.76. The normalized spacial score (nSPS) is 13.7. The third-order valence-electron chi connectivity index (χ3n) is 4.88. The highest BCUT2D eigenvalue weighted by Gasteiger charge is 2.19. The topological polar surface area (TPSA) is 87.9 Å². The Morgan fingerprint density at radius 3 is 2.48 bits per heavy atom. The number of carbonyl (C=O) groups is 2. The van der Waals surface area contributed by atoms with Gasteiger partial charge < -0.3 is 25.6 Å². The van der Waals surface area contributed by atoms with Gasteiger partial charge in [0.05, 0.1) is 13.2 Å². The zero-order chi connectivity index (χ0) is 22.2. The van der Waals surface area contributed by atoms with E-state index in [9.17, 15) is 18.4 Å². The second-order valence-electron chi connectivity index (χ2n) is 7.26. The van der Waals surface area contributed by atoms with E-state index in [0.717, 1.165) is 23.8 Å². The number of anilines is 1. The lowest BCUT2D eigenvalue weighted by atomic mass is 10.1. The van der Waals surface area contributed by atoms with Crippen molar-refractivity contribution < 1.29 is 23.1 Å². The Kier molecular flexibility index (Phi) is 7.91. The van der Waals surface area contributed by atoms with Crippen LogP contribution in [0.2, 0.25) is 0 Å². The lowest BCUT2D eigenvalue weighted by Crippen LogP contribution is -2.43. The average molecular weight is 432 g/mol.